The zero-order valence-electron chi connectivity index (χ0n) is 9.52. The summed E-state index contributed by atoms with van der Waals surface area (Å²) < 4.78 is 5.17. The molecule has 1 saturated carbocycles. The summed E-state index contributed by atoms with van der Waals surface area (Å²) in [5, 5.41) is 9.49. The van der Waals surface area contributed by atoms with Crippen molar-refractivity contribution in [2.75, 3.05) is 7.11 Å². The highest BCUT2D eigenvalue weighted by atomic mass is 16.5. The molecule has 16 heavy (non-hydrogen) atoms. The largest absolute Gasteiger partial charge is 0.497 e. The van der Waals surface area contributed by atoms with Crippen LogP contribution < -0.4 is 10.5 Å². The third-order valence-corrected chi connectivity index (χ3v) is 3.32. The normalized spacial score (nSPS) is 30.1. The first-order chi connectivity index (χ1) is 7.64. The van der Waals surface area contributed by atoms with Crippen molar-refractivity contribution in [1.29, 1.82) is 0 Å². The molecule has 0 unspecified atom stereocenters. The van der Waals surface area contributed by atoms with Crippen molar-refractivity contribution in [1.82, 2.24) is 4.98 Å². The first kappa shape index (κ1) is 11.4. The highest BCUT2D eigenvalue weighted by Crippen LogP contribution is 2.34. The van der Waals surface area contributed by atoms with Crippen molar-refractivity contribution in [3.05, 3.63) is 24.0 Å². The number of pyridine rings is 1. The Bertz CT molecular complexity index is 360. The zero-order chi connectivity index (χ0) is 11.6. The smallest absolute Gasteiger partial charge is 0.122 e. The number of aliphatic hydroxyl groups excluding tert-OH is 1. The van der Waals surface area contributed by atoms with E-state index in [0.29, 0.717) is 0 Å². The molecule has 2 rings (SSSR count). The van der Waals surface area contributed by atoms with Gasteiger partial charge in [0, 0.05) is 12.3 Å². The number of methoxy groups -OCH3 is 1. The number of ether oxygens (including phenoxy) is 1. The van der Waals surface area contributed by atoms with Crippen LogP contribution in [0.5, 0.6) is 5.75 Å². The molecule has 4 nitrogen and oxygen atoms in total. The molecule has 0 bridgehead atoms. The second-order valence-corrected chi connectivity index (χ2v) is 4.47. The predicted molar refractivity (Wildman–Crippen MR) is 61.1 cm³/mol. The quantitative estimate of drug-likeness (QED) is 0.788. The lowest BCUT2D eigenvalue weighted by Crippen LogP contribution is -2.42. The van der Waals surface area contributed by atoms with E-state index in [0.717, 1.165) is 37.1 Å². The van der Waals surface area contributed by atoms with Gasteiger partial charge in [0.1, 0.15) is 5.75 Å². The van der Waals surface area contributed by atoms with Crippen LogP contribution in [0.2, 0.25) is 0 Å². The van der Waals surface area contributed by atoms with E-state index >= 15 is 0 Å². The summed E-state index contributed by atoms with van der Waals surface area (Å²) in [5.41, 5.74) is 6.79. The number of nitrogens with two attached hydrogens (primary N) is 1. The van der Waals surface area contributed by atoms with Crippen molar-refractivity contribution in [3.63, 3.8) is 0 Å². The van der Waals surface area contributed by atoms with E-state index in [9.17, 15) is 5.11 Å². The number of hydrogen-bond donors (Lipinski definition) is 2. The molecule has 0 amide bonds. The Kier molecular flexibility index (Phi) is 3.12. The molecule has 0 spiro atoms. The van der Waals surface area contributed by atoms with Crippen LogP contribution in [0.25, 0.3) is 0 Å². The molecule has 88 valence electrons. The maximum Gasteiger partial charge on any atom is 0.122 e. The van der Waals surface area contributed by atoms with Gasteiger partial charge in [-0.3, -0.25) is 4.98 Å². The van der Waals surface area contributed by atoms with Gasteiger partial charge in [-0.05, 0) is 31.7 Å². The Hall–Kier alpha value is -1.13. The molecule has 1 aliphatic rings. The van der Waals surface area contributed by atoms with Gasteiger partial charge in [-0.25, -0.2) is 0 Å². The van der Waals surface area contributed by atoms with Crippen LogP contribution in [0.1, 0.15) is 31.4 Å². The van der Waals surface area contributed by atoms with Crippen molar-refractivity contribution in [2.24, 2.45) is 5.73 Å². The minimum atomic E-state index is -0.409. The van der Waals surface area contributed by atoms with Crippen molar-refractivity contribution < 1.29 is 9.84 Å². The monoisotopic (exact) mass is 222 g/mol. The Morgan fingerprint density at radius 3 is 2.81 bits per heavy atom. The van der Waals surface area contributed by atoms with Crippen molar-refractivity contribution in [3.8, 4) is 5.75 Å². The number of rotatable bonds is 2. The van der Waals surface area contributed by atoms with Crippen LogP contribution in [0.15, 0.2) is 18.3 Å². The molecule has 3 N–H and O–H groups in total. The number of nitrogens with zero attached hydrogens (tertiary/aromatic N) is 1. The molecule has 1 fully saturated rings. The first-order valence-corrected chi connectivity index (χ1v) is 5.61. The van der Waals surface area contributed by atoms with Crippen LogP contribution in [0.3, 0.4) is 0 Å². The molecule has 4 heteroatoms. The number of aromatic nitrogens is 1. The molecule has 0 atom stereocenters. The fourth-order valence-electron chi connectivity index (χ4n) is 2.18. The lowest BCUT2D eigenvalue weighted by atomic mass is 9.79. The van der Waals surface area contributed by atoms with Crippen LogP contribution >= 0.6 is 0 Å². The average molecular weight is 222 g/mol. The lowest BCUT2D eigenvalue weighted by Gasteiger charge is -2.35. The molecule has 1 aromatic rings. The Morgan fingerprint density at radius 2 is 2.19 bits per heavy atom. The molecule has 1 aromatic heterocycles. The topological polar surface area (TPSA) is 68.4 Å². The highest BCUT2D eigenvalue weighted by Gasteiger charge is 2.33. The summed E-state index contributed by atoms with van der Waals surface area (Å²) in [6, 6.07) is 3.70. The molecule has 0 aromatic carbocycles. The maximum absolute atomic E-state index is 9.49. The standard InChI is InChI=1S/C12H18N2O2/c1-16-10-4-7-14-11(8-10)12(13)5-2-9(15)3-6-12/h4,7-9,15H,2-3,5-6,13H2,1H3. The second-order valence-electron chi connectivity index (χ2n) is 4.47. The third kappa shape index (κ3) is 2.18. The van der Waals surface area contributed by atoms with Crippen molar-refractivity contribution >= 4 is 0 Å². The summed E-state index contributed by atoms with van der Waals surface area (Å²) in [6.07, 6.45) is 4.55. The van der Waals surface area contributed by atoms with Gasteiger partial charge in [0.2, 0.25) is 0 Å². The molecular formula is C12H18N2O2. The molecular weight excluding hydrogens is 204 g/mol. The van der Waals surface area contributed by atoms with Crippen molar-refractivity contribution in [2.45, 2.75) is 37.3 Å². The SMILES string of the molecule is COc1ccnc(C2(N)CCC(O)CC2)c1. The highest BCUT2D eigenvalue weighted by molar-refractivity contribution is 5.27. The summed E-state index contributed by atoms with van der Waals surface area (Å²) >= 11 is 0. The van der Waals surface area contributed by atoms with E-state index in [2.05, 4.69) is 4.98 Å². The molecule has 1 heterocycles. The van der Waals surface area contributed by atoms with Gasteiger partial charge in [-0.1, -0.05) is 0 Å². The average Bonchev–Trinajstić information content (AvgIpc) is 2.33. The van der Waals surface area contributed by atoms with Gasteiger partial charge in [-0.15, -0.1) is 0 Å². The van der Waals surface area contributed by atoms with E-state index in [-0.39, 0.29) is 6.10 Å². The van der Waals surface area contributed by atoms with Gasteiger partial charge in [-0.2, -0.15) is 0 Å². The molecule has 0 saturated heterocycles. The lowest BCUT2D eigenvalue weighted by molar-refractivity contribution is 0.0955. The van der Waals surface area contributed by atoms with E-state index < -0.39 is 5.54 Å². The van der Waals surface area contributed by atoms with E-state index in [1.807, 2.05) is 12.1 Å². The number of aliphatic hydroxyl groups is 1. The predicted octanol–water partition coefficient (Wildman–Crippen LogP) is 1.18. The van der Waals surface area contributed by atoms with Gasteiger partial charge in [0.05, 0.1) is 24.4 Å². The zero-order valence-corrected chi connectivity index (χ0v) is 9.52. The minimum Gasteiger partial charge on any atom is -0.497 e. The van der Waals surface area contributed by atoms with Gasteiger partial charge in [0.25, 0.3) is 0 Å². The number of hydrogen-bond acceptors (Lipinski definition) is 4. The summed E-state index contributed by atoms with van der Waals surface area (Å²) in [7, 11) is 1.63. The third-order valence-electron chi connectivity index (χ3n) is 3.32. The Labute approximate surface area is 95.4 Å². The molecule has 1 aliphatic carbocycles. The summed E-state index contributed by atoms with van der Waals surface area (Å²) in [4.78, 5) is 4.32. The van der Waals surface area contributed by atoms with E-state index in [1.54, 1.807) is 13.3 Å². The van der Waals surface area contributed by atoms with Crippen LogP contribution in [0.4, 0.5) is 0 Å². The van der Waals surface area contributed by atoms with Crippen LogP contribution in [0, 0.1) is 0 Å². The fraction of sp³-hybridized carbons (Fsp3) is 0.583. The van der Waals surface area contributed by atoms with Crippen LogP contribution in [-0.2, 0) is 5.54 Å². The fourth-order valence-corrected chi connectivity index (χ4v) is 2.18. The molecule has 0 aliphatic heterocycles. The summed E-state index contributed by atoms with van der Waals surface area (Å²) in [6.45, 7) is 0. The van der Waals surface area contributed by atoms with E-state index in [4.69, 9.17) is 10.5 Å². The Balaban J connectivity index is 2.21. The van der Waals surface area contributed by atoms with Gasteiger partial charge >= 0.3 is 0 Å². The minimum absolute atomic E-state index is 0.206. The maximum atomic E-state index is 9.49. The first-order valence-electron chi connectivity index (χ1n) is 5.61. The summed E-state index contributed by atoms with van der Waals surface area (Å²) in [5.74, 6) is 0.779. The van der Waals surface area contributed by atoms with Crippen LogP contribution in [-0.4, -0.2) is 23.3 Å². The Morgan fingerprint density at radius 1 is 1.50 bits per heavy atom. The second kappa shape index (κ2) is 4.39. The van der Waals surface area contributed by atoms with Gasteiger partial charge < -0.3 is 15.6 Å². The van der Waals surface area contributed by atoms with Gasteiger partial charge in [0.15, 0.2) is 0 Å². The molecule has 0 radical (unpaired) electrons. The van der Waals surface area contributed by atoms with E-state index in [1.165, 1.54) is 0 Å².